The zero-order valence-electron chi connectivity index (χ0n) is 11.9. The molecule has 0 spiro atoms. The maximum Gasteiger partial charge on any atom is 0.105 e. The predicted octanol–water partition coefficient (Wildman–Crippen LogP) is 3.09. The van der Waals surface area contributed by atoms with Gasteiger partial charge in [-0.05, 0) is 13.0 Å². The van der Waals surface area contributed by atoms with E-state index in [0.717, 1.165) is 28.4 Å². The van der Waals surface area contributed by atoms with Crippen LogP contribution in [0.4, 0.5) is 0 Å². The van der Waals surface area contributed by atoms with Gasteiger partial charge in [0.25, 0.3) is 0 Å². The summed E-state index contributed by atoms with van der Waals surface area (Å²) in [6.45, 7) is 8.46. The summed E-state index contributed by atoms with van der Waals surface area (Å²) in [6, 6.07) is 2.00. The van der Waals surface area contributed by atoms with Crippen LogP contribution in [0.1, 0.15) is 48.8 Å². The number of hydrogen-bond acceptors (Lipinski definition) is 5. The molecule has 19 heavy (non-hydrogen) atoms. The minimum absolute atomic E-state index is 0.0396. The largest absolute Gasteiger partial charge is 0.469 e. The monoisotopic (exact) mass is 279 g/mol. The Labute approximate surface area is 118 Å². The molecule has 0 aliphatic heterocycles. The van der Waals surface area contributed by atoms with E-state index in [-0.39, 0.29) is 11.5 Å². The Morgan fingerprint density at radius 3 is 2.68 bits per heavy atom. The summed E-state index contributed by atoms with van der Waals surface area (Å²) in [5.41, 5.74) is 5.16. The lowest BCUT2D eigenvalue weighted by Gasteiger charge is -2.15. The average molecular weight is 279 g/mol. The van der Waals surface area contributed by atoms with Crippen molar-refractivity contribution in [3.8, 4) is 0 Å². The fourth-order valence-corrected chi connectivity index (χ4v) is 3.01. The molecule has 0 aliphatic rings. The van der Waals surface area contributed by atoms with Crippen LogP contribution in [0.3, 0.4) is 0 Å². The zero-order valence-corrected chi connectivity index (χ0v) is 12.7. The van der Waals surface area contributed by atoms with Crippen molar-refractivity contribution in [2.24, 2.45) is 5.84 Å². The molecular formula is C14H21N3OS. The third kappa shape index (κ3) is 3.23. The first kappa shape index (κ1) is 14.2. The van der Waals surface area contributed by atoms with Gasteiger partial charge in [-0.15, -0.1) is 11.3 Å². The van der Waals surface area contributed by atoms with Crippen molar-refractivity contribution >= 4 is 11.3 Å². The van der Waals surface area contributed by atoms with Crippen LogP contribution >= 0.6 is 11.3 Å². The summed E-state index contributed by atoms with van der Waals surface area (Å²) in [5.74, 6) is 6.56. The first-order chi connectivity index (χ1) is 8.91. The second-order valence-electron chi connectivity index (χ2n) is 5.73. The van der Waals surface area contributed by atoms with Gasteiger partial charge in [-0.1, -0.05) is 20.8 Å². The molecule has 0 amide bonds. The van der Waals surface area contributed by atoms with Crippen LogP contribution in [0.25, 0.3) is 0 Å². The number of aryl methyl sites for hydroxylation is 1. The van der Waals surface area contributed by atoms with Crippen molar-refractivity contribution < 1.29 is 4.42 Å². The van der Waals surface area contributed by atoms with Crippen LogP contribution in [-0.4, -0.2) is 4.98 Å². The lowest BCUT2D eigenvalue weighted by molar-refractivity contribution is 0.500. The summed E-state index contributed by atoms with van der Waals surface area (Å²) < 4.78 is 5.33. The standard InChI is InChI=1S/C14H21N3OS/c1-9-10(5-6-18-9)11(17-15)7-13-16-12(8-19-13)14(2,3)4/h5-6,8,11,17H,7,15H2,1-4H3. The highest BCUT2D eigenvalue weighted by atomic mass is 32.1. The van der Waals surface area contributed by atoms with E-state index in [1.165, 1.54) is 0 Å². The van der Waals surface area contributed by atoms with Crippen LogP contribution in [0.5, 0.6) is 0 Å². The number of aromatic nitrogens is 1. The van der Waals surface area contributed by atoms with Gasteiger partial charge in [0.15, 0.2) is 0 Å². The van der Waals surface area contributed by atoms with Gasteiger partial charge < -0.3 is 4.42 Å². The van der Waals surface area contributed by atoms with E-state index in [9.17, 15) is 0 Å². The summed E-state index contributed by atoms with van der Waals surface area (Å²) >= 11 is 1.69. The van der Waals surface area contributed by atoms with Gasteiger partial charge in [0.1, 0.15) is 5.76 Å². The molecule has 5 heteroatoms. The topological polar surface area (TPSA) is 64.1 Å². The predicted molar refractivity (Wildman–Crippen MR) is 78.0 cm³/mol. The molecular weight excluding hydrogens is 258 g/mol. The van der Waals surface area contributed by atoms with Crippen LogP contribution in [0, 0.1) is 6.92 Å². The molecule has 104 valence electrons. The Balaban J connectivity index is 2.16. The number of hydrazine groups is 1. The van der Waals surface area contributed by atoms with E-state index >= 15 is 0 Å². The highest BCUT2D eigenvalue weighted by Crippen LogP contribution is 2.27. The minimum Gasteiger partial charge on any atom is -0.469 e. The molecule has 2 aromatic heterocycles. The molecule has 4 nitrogen and oxygen atoms in total. The van der Waals surface area contributed by atoms with E-state index in [4.69, 9.17) is 15.2 Å². The molecule has 2 aromatic rings. The number of nitrogens with one attached hydrogen (secondary N) is 1. The quantitative estimate of drug-likeness (QED) is 0.667. The number of rotatable bonds is 4. The van der Waals surface area contributed by atoms with Crippen molar-refractivity contribution in [1.29, 1.82) is 0 Å². The number of thiazole rings is 1. The highest BCUT2D eigenvalue weighted by Gasteiger charge is 2.20. The SMILES string of the molecule is Cc1occc1C(Cc1nc(C(C)(C)C)cs1)NN. The zero-order chi connectivity index (χ0) is 14.0. The Morgan fingerprint density at radius 2 is 2.21 bits per heavy atom. The number of nitrogens with zero attached hydrogens (tertiary/aromatic N) is 1. The average Bonchev–Trinajstić information content (AvgIpc) is 2.94. The molecule has 0 aromatic carbocycles. The Bertz CT molecular complexity index is 539. The van der Waals surface area contributed by atoms with E-state index in [2.05, 4.69) is 31.6 Å². The summed E-state index contributed by atoms with van der Waals surface area (Å²) in [4.78, 5) is 4.70. The third-order valence-electron chi connectivity index (χ3n) is 3.17. The first-order valence-electron chi connectivity index (χ1n) is 6.37. The van der Waals surface area contributed by atoms with Crippen LogP contribution in [0.2, 0.25) is 0 Å². The maximum absolute atomic E-state index is 5.66. The van der Waals surface area contributed by atoms with Gasteiger partial charge in [-0.3, -0.25) is 11.3 Å². The first-order valence-corrected chi connectivity index (χ1v) is 7.25. The van der Waals surface area contributed by atoms with Gasteiger partial charge in [-0.25, -0.2) is 4.98 Å². The normalized spacial score (nSPS) is 13.7. The van der Waals surface area contributed by atoms with Crippen LogP contribution in [0.15, 0.2) is 22.1 Å². The van der Waals surface area contributed by atoms with Crippen molar-refractivity contribution in [3.05, 3.63) is 39.7 Å². The summed E-state index contributed by atoms with van der Waals surface area (Å²) in [7, 11) is 0. The van der Waals surface area contributed by atoms with Crippen molar-refractivity contribution in [2.75, 3.05) is 0 Å². The fourth-order valence-electron chi connectivity index (χ4n) is 1.94. The molecule has 0 saturated carbocycles. The Morgan fingerprint density at radius 1 is 1.47 bits per heavy atom. The van der Waals surface area contributed by atoms with Gasteiger partial charge in [0.05, 0.1) is 23.0 Å². The van der Waals surface area contributed by atoms with Crippen molar-refractivity contribution in [3.63, 3.8) is 0 Å². The molecule has 0 bridgehead atoms. The van der Waals surface area contributed by atoms with Gasteiger partial charge >= 0.3 is 0 Å². The summed E-state index contributed by atoms with van der Waals surface area (Å²) in [6.07, 6.45) is 2.47. The highest BCUT2D eigenvalue weighted by molar-refractivity contribution is 7.09. The fraction of sp³-hybridized carbons (Fsp3) is 0.500. The van der Waals surface area contributed by atoms with E-state index in [1.807, 2.05) is 13.0 Å². The van der Waals surface area contributed by atoms with E-state index in [1.54, 1.807) is 17.6 Å². The maximum atomic E-state index is 5.66. The third-order valence-corrected chi connectivity index (χ3v) is 4.05. The Hall–Kier alpha value is -1.17. The molecule has 1 atom stereocenters. The van der Waals surface area contributed by atoms with Crippen molar-refractivity contribution in [2.45, 2.75) is 45.6 Å². The smallest absolute Gasteiger partial charge is 0.105 e. The molecule has 0 fully saturated rings. The van der Waals surface area contributed by atoms with Crippen LogP contribution in [-0.2, 0) is 11.8 Å². The number of furan rings is 1. The molecule has 0 saturated heterocycles. The second kappa shape index (κ2) is 5.45. The van der Waals surface area contributed by atoms with Crippen molar-refractivity contribution in [1.82, 2.24) is 10.4 Å². The molecule has 2 heterocycles. The summed E-state index contributed by atoms with van der Waals surface area (Å²) in [5, 5.41) is 3.22. The van der Waals surface area contributed by atoms with Gasteiger partial charge in [0, 0.05) is 22.8 Å². The van der Waals surface area contributed by atoms with Gasteiger partial charge in [-0.2, -0.15) is 0 Å². The minimum atomic E-state index is 0.0396. The number of hydrogen-bond donors (Lipinski definition) is 2. The van der Waals surface area contributed by atoms with Crippen LogP contribution < -0.4 is 11.3 Å². The molecule has 0 radical (unpaired) electrons. The number of nitrogens with two attached hydrogens (primary N) is 1. The lowest BCUT2D eigenvalue weighted by Crippen LogP contribution is -2.29. The van der Waals surface area contributed by atoms with E-state index in [0.29, 0.717) is 0 Å². The molecule has 3 N–H and O–H groups in total. The Kier molecular flexibility index (Phi) is 4.08. The second-order valence-corrected chi connectivity index (χ2v) is 6.67. The van der Waals surface area contributed by atoms with E-state index < -0.39 is 0 Å². The lowest BCUT2D eigenvalue weighted by atomic mass is 9.93. The molecule has 2 rings (SSSR count). The molecule has 0 aliphatic carbocycles. The molecule has 1 unspecified atom stereocenters. The van der Waals surface area contributed by atoms with Gasteiger partial charge in [0.2, 0.25) is 0 Å².